The van der Waals surface area contributed by atoms with Gasteiger partial charge < -0.3 is 0 Å². The van der Waals surface area contributed by atoms with Gasteiger partial charge in [-0.15, -0.1) is 0 Å². The van der Waals surface area contributed by atoms with Crippen LogP contribution in [-0.4, -0.2) is 0 Å². The Hall–Kier alpha value is -0.520. The van der Waals surface area contributed by atoms with Gasteiger partial charge in [0.1, 0.15) is 0 Å². The highest BCUT2D eigenvalue weighted by molar-refractivity contribution is 4.99. The summed E-state index contributed by atoms with van der Waals surface area (Å²) in [5.41, 5.74) is 0. The van der Waals surface area contributed by atoms with Gasteiger partial charge in [0, 0.05) is 0 Å². The fourth-order valence-electron chi connectivity index (χ4n) is 1.52. The van der Waals surface area contributed by atoms with Crippen LogP contribution in [0.15, 0.2) is 24.3 Å². The quantitative estimate of drug-likeness (QED) is 0.528. The van der Waals surface area contributed by atoms with E-state index in [0.717, 1.165) is 11.8 Å². The monoisotopic (exact) mass is 150 g/mol. The van der Waals surface area contributed by atoms with Crippen molar-refractivity contribution in [2.24, 2.45) is 11.8 Å². The molecule has 0 radical (unpaired) electrons. The maximum Gasteiger partial charge on any atom is -0.0199 e. The first-order valence-corrected chi connectivity index (χ1v) is 4.62. The summed E-state index contributed by atoms with van der Waals surface area (Å²) in [4.78, 5) is 0. The fraction of sp³-hybridized carbons (Fsp3) is 0.636. The third-order valence-corrected chi connectivity index (χ3v) is 2.38. The molecule has 0 aliphatic heterocycles. The van der Waals surface area contributed by atoms with Crippen LogP contribution in [0.25, 0.3) is 0 Å². The zero-order valence-corrected chi connectivity index (χ0v) is 7.59. The van der Waals surface area contributed by atoms with Crippen molar-refractivity contribution in [1.82, 2.24) is 0 Å². The lowest BCUT2D eigenvalue weighted by Gasteiger charge is -2.18. The first-order chi connectivity index (χ1) is 5.33. The summed E-state index contributed by atoms with van der Waals surface area (Å²) in [6, 6.07) is 0. The number of hydrogen-bond acceptors (Lipinski definition) is 0. The predicted octanol–water partition coefficient (Wildman–Crippen LogP) is 3.55. The normalized spacial score (nSPS) is 31.5. The van der Waals surface area contributed by atoms with Crippen LogP contribution in [0.2, 0.25) is 0 Å². The molecule has 0 aromatic carbocycles. The molecule has 0 heteroatoms. The minimum atomic E-state index is 0.817. The van der Waals surface area contributed by atoms with Crippen LogP contribution in [0.1, 0.15) is 33.1 Å². The van der Waals surface area contributed by atoms with Gasteiger partial charge in [0.15, 0.2) is 0 Å². The van der Waals surface area contributed by atoms with Gasteiger partial charge in [-0.1, -0.05) is 31.2 Å². The molecule has 0 aromatic rings. The molecule has 0 fully saturated rings. The highest BCUT2D eigenvalue weighted by atomic mass is 14.2. The van der Waals surface area contributed by atoms with Crippen LogP contribution in [0.5, 0.6) is 0 Å². The molecule has 1 rings (SSSR count). The molecule has 0 N–H and O–H groups in total. The Morgan fingerprint density at radius 1 is 1.36 bits per heavy atom. The molecule has 11 heavy (non-hydrogen) atoms. The van der Waals surface area contributed by atoms with Crippen molar-refractivity contribution in [3.05, 3.63) is 24.3 Å². The van der Waals surface area contributed by atoms with E-state index in [1.807, 2.05) is 0 Å². The van der Waals surface area contributed by atoms with Gasteiger partial charge >= 0.3 is 0 Å². The lowest BCUT2D eigenvalue weighted by molar-refractivity contribution is 0.479. The third kappa shape index (κ3) is 2.92. The Morgan fingerprint density at radius 2 is 2.18 bits per heavy atom. The molecule has 1 aliphatic rings. The van der Waals surface area contributed by atoms with Crippen LogP contribution in [-0.2, 0) is 0 Å². The summed E-state index contributed by atoms with van der Waals surface area (Å²) < 4.78 is 0. The van der Waals surface area contributed by atoms with Crippen LogP contribution < -0.4 is 0 Å². The van der Waals surface area contributed by atoms with E-state index in [0.29, 0.717) is 0 Å². The Morgan fingerprint density at radius 3 is 2.73 bits per heavy atom. The van der Waals surface area contributed by atoms with Crippen molar-refractivity contribution >= 4 is 0 Å². The van der Waals surface area contributed by atoms with Gasteiger partial charge in [-0.2, -0.15) is 0 Å². The molecule has 2 unspecified atom stereocenters. The largest absolute Gasteiger partial charge is 0.0916 e. The van der Waals surface area contributed by atoms with Crippen LogP contribution in [0, 0.1) is 11.8 Å². The van der Waals surface area contributed by atoms with Crippen molar-refractivity contribution in [3.63, 3.8) is 0 Å². The Labute approximate surface area is 70.0 Å². The topological polar surface area (TPSA) is 0 Å². The van der Waals surface area contributed by atoms with Crippen molar-refractivity contribution in [2.75, 3.05) is 0 Å². The van der Waals surface area contributed by atoms with Gasteiger partial charge in [0.05, 0.1) is 0 Å². The smallest absolute Gasteiger partial charge is 0.0199 e. The third-order valence-electron chi connectivity index (χ3n) is 2.38. The zero-order valence-electron chi connectivity index (χ0n) is 7.59. The van der Waals surface area contributed by atoms with E-state index in [2.05, 4.69) is 38.2 Å². The summed E-state index contributed by atoms with van der Waals surface area (Å²) in [7, 11) is 0. The molecule has 0 heterocycles. The first kappa shape index (κ1) is 8.58. The average Bonchev–Trinajstić information content (AvgIpc) is 2.04. The lowest BCUT2D eigenvalue weighted by atomic mass is 9.88. The van der Waals surface area contributed by atoms with E-state index in [9.17, 15) is 0 Å². The Balaban J connectivity index is 2.32. The molecule has 62 valence electrons. The SMILES string of the molecule is C/C=C/CC1C=CC(C)CC1. The molecule has 1 aliphatic carbocycles. The Kier molecular flexibility index (Phi) is 3.41. The highest BCUT2D eigenvalue weighted by Crippen LogP contribution is 2.24. The minimum Gasteiger partial charge on any atom is -0.0916 e. The summed E-state index contributed by atoms with van der Waals surface area (Å²) in [5, 5.41) is 0. The summed E-state index contributed by atoms with van der Waals surface area (Å²) >= 11 is 0. The Bertz CT molecular complexity index is 153. The van der Waals surface area contributed by atoms with Crippen LogP contribution >= 0.6 is 0 Å². The predicted molar refractivity (Wildman–Crippen MR) is 50.5 cm³/mol. The molecule has 0 nitrogen and oxygen atoms in total. The maximum atomic E-state index is 2.38. The van der Waals surface area contributed by atoms with Gasteiger partial charge in [0.2, 0.25) is 0 Å². The van der Waals surface area contributed by atoms with E-state index in [-0.39, 0.29) is 0 Å². The zero-order chi connectivity index (χ0) is 8.10. The maximum absolute atomic E-state index is 2.38. The molecule has 0 saturated carbocycles. The fourth-order valence-corrected chi connectivity index (χ4v) is 1.52. The molecule has 0 amide bonds. The van der Waals surface area contributed by atoms with Crippen molar-refractivity contribution in [1.29, 1.82) is 0 Å². The number of rotatable bonds is 2. The van der Waals surface area contributed by atoms with E-state index >= 15 is 0 Å². The molecule has 2 atom stereocenters. The average molecular weight is 150 g/mol. The van der Waals surface area contributed by atoms with Crippen molar-refractivity contribution in [3.8, 4) is 0 Å². The minimum absolute atomic E-state index is 0.817. The second-order valence-electron chi connectivity index (χ2n) is 3.50. The summed E-state index contributed by atoms with van der Waals surface area (Å²) in [5.74, 6) is 1.64. The van der Waals surface area contributed by atoms with Gasteiger partial charge in [-0.3, -0.25) is 0 Å². The molecular formula is C11H18. The van der Waals surface area contributed by atoms with E-state index in [4.69, 9.17) is 0 Å². The van der Waals surface area contributed by atoms with E-state index < -0.39 is 0 Å². The van der Waals surface area contributed by atoms with Gasteiger partial charge in [0.25, 0.3) is 0 Å². The second kappa shape index (κ2) is 4.38. The van der Waals surface area contributed by atoms with Crippen LogP contribution in [0.4, 0.5) is 0 Å². The highest BCUT2D eigenvalue weighted by Gasteiger charge is 2.10. The van der Waals surface area contributed by atoms with E-state index in [1.165, 1.54) is 19.3 Å². The van der Waals surface area contributed by atoms with Crippen LogP contribution in [0.3, 0.4) is 0 Å². The second-order valence-corrected chi connectivity index (χ2v) is 3.50. The molecule has 0 aromatic heterocycles. The molecule has 0 saturated heterocycles. The standard InChI is InChI=1S/C11H18/c1-3-4-5-11-8-6-10(2)7-9-11/h3-4,6,8,10-11H,5,7,9H2,1-2H3/b4-3+. The summed E-state index contributed by atoms with van der Waals surface area (Å²) in [6.07, 6.45) is 13.1. The number of allylic oxidation sites excluding steroid dienone is 4. The molecule has 0 bridgehead atoms. The lowest BCUT2D eigenvalue weighted by Crippen LogP contribution is -2.04. The van der Waals surface area contributed by atoms with Gasteiger partial charge in [-0.05, 0) is 38.0 Å². The summed E-state index contributed by atoms with van der Waals surface area (Å²) in [6.45, 7) is 4.39. The van der Waals surface area contributed by atoms with Crippen molar-refractivity contribution in [2.45, 2.75) is 33.1 Å². The van der Waals surface area contributed by atoms with Crippen molar-refractivity contribution < 1.29 is 0 Å². The first-order valence-electron chi connectivity index (χ1n) is 4.62. The molecule has 0 spiro atoms. The van der Waals surface area contributed by atoms with Gasteiger partial charge in [-0.25, -0.2) is 0 Å². The number of hydrogen-bond donors (Lipinski definition) is 0. The molecular weight excluding hydrogens is 132 g/mol. The van der Waals surface area contributed by atoms with E-state index in [1.54, 1.807) is 0 Å².